The van der Waals surface area contributed by atoms with Crippen LogP contribution in [0.2, 0.25) is 0 Å². The van der Waals surface area contributed by atoms with E-state index in [1.165, 1.54) is 0 Å². The van der Waals surface area contributed by atoms with E-state index < -0.39 is 0 Å². The first-order chi connectivity index (χ1) is 10.2. The summed E-state index contributed by atoms with van der Waals surface area (Å²) in [5.41, 5.74) is 0.829. The van der Waals surface area contributed by atoms with Gasteiger partial charge in [0, 0.05) is 16.8 Å². The fraction of sp³-hybridized carbons (Fsp3) is 0.250. The Bertz CT molecular complexity index is 684. The van der Waals surface area contributed by atoms with E-state index in [1.807, 2.05) is 20.8 Å². The van der Waals surface area contributed by atoms with Gasteiger partial charge in [0.05, 0.1) is 0 Å². The molecule has 0 fully saturated rings. The molecule has 1 heterocycles. The minimum Gasteiger partial charge on any atom is -0.444 e. The quantitative estimate of drug-likeness (QED) is 0.869. The summed E-state index contributed by atoms with van der Waals surface area (Å²) in [6.45, 7) is 5.75. The third-order valence-electron chi connectivity index (χ3n) is 2.69. The molecule has 0 spiro atoms. The van der Waals surface area contributed by atoms with E-state index in [4.69, 9.17) is 4.42 Å². The number of halogens is 1. The zero-order valence-corrected chi connectivity index (χ0v) is 14.2. The van der Waals surface area contributed by atoms with Gasteiger partial charge in [0.1, 0.15) is 0 Å². The molecule has 5 nitrogen and oxygen atoms in total. The molecule has 0 unspecified atom stereocenters. The van der Waals surface area contributed by atoms with Crippen molar-refractivity contribution in [2.75, 3.05) is 5.32 Å². The second-order valence-corrected chi connectivity index (χ2v) is 6.62. The lowest BCUT2D eigenvalue weighted by Gasteiger charge is -2.20. The van der Waals surface area contributed by atoms with Gasteiger partial charge < -0.3 is 15.1 Å². The highest BCUT2D eigenvalue weighted by Gasteiger charge is 2.15. The number of hydrogen-bond acceptors (Lipinski definition) is 3. The number of nitrogens with one attached hydrogen (secondary N) is 2. The number of rotatable bonds is 3. The number of anilines is 1. The Morgan fingerprint density at radius 2 is 1.64 bits per heavy atom. The molecular weight excluding hydrogens is 348 g/mol. The van der Waals surface area contributed by atoms with Crippen LogP contribution in [0.15, 0.2) is 45.5 Å². The molecule has 0 bridgehead atoms. The topological polar surface area (TPSA) is 71.3 Å². The van der Waals surface area contributed by atoms with Crippen LogP contribution in [0, 0.1) is 0 Å². The maximum absolute atomic E-state index is 12.0. The molecule has 1 aromatic heterocycles. The van der Waals surface area contributed by atoms with Crippen molar-refractivity contribution in [3.8, 4) is 0 Å². The highest BCUT2D eigenvalue weighted by molar-refractivity contribution is 9.10. The first kappa shape index (κ1) is 16.3. The number of hydrogen-bond donors (Lipinski definition) is 2. The summed E-state index contributed by atoms with van der Waals surface area (Å²) in [7, 11) is 0. The number of furan rings is 1. The molecular formula is C16H17BrN2O3. The number of carbonyl (C=O) groups excluding carboxylic acids is 2. The van der Waals surface area contributed by atoms with Gasteiger partial charge in [-0.15, -0.1) is 0 Å². The molecule has 6 heteroatoms. The first-order valence-corrected chi connectivity index (χ1v) is 7.53. The third-order valence-corrected chi connectivity index (χ3v) is 3.12. The van der Waals surface area contributed by atoms with E-state index in [-0.39, 0.29) is 23.1 Å². The molecule has 2 N–H and O–H groups in total. The average molecular weight is 365 g/mol. The van der Waals surface area contributed by atoms with Gasteiger partial charge in [-0.2, -0.15) is 0 Å². The van der Waals surface area contributed by atoms with E-state index in [1.54, 1.807) is 36.4 Å². The maximum atomic E-state index is 12.0. The summed E-state index contributed by atoms with van der Waals surface area (Å²) in [5, 5.41) is 5.58. The van der Waals surface area contributed by atoms with Crippen LogP contribution in [0.5, 0.6) is 0 Å². The zero-order valence-electron chi connectivity index (χ0n) is 12.6. The molecule has 1 aromatic carbocycles. The van der Waals surface area contributed by atoms with Crippen LogP contribution in [0.1, 0.15) is 41.7 Å². The normalized spacial score (nSPS) is 11.1. The van der Waals surface area contributed by atoms with Crippen LogP contribution in [-0.4, -0.2) is 17.4 Å². The van der Waals surface area contributed by atoms with Crippen LogP contribution in [0.3, 0.4) is 0 Å². The molecule has 0 saturated carbocycles. The van der Waals surface area contributed by atoms with Crippen molar-refractivity contribution in [2.45, 2.75) is 26.3 Å². The van der Waals surface area contributed by atoms with Crippen LogP contribution in [0.25, 0.3) is 0 Å². The summed E-state index contributed by atoms with van der Waals surface area (Å²) in [6.07, 6.45) is 0. The molecule has 0 saturated heterocycles. The van der Waals surface area contributed by atoms with Crippen molar-refractivity contribution in [1.29, 1.82) is 0 Å². The summed E-state index contributed by atoms with van der Waals surface area (Å²) in [4.78, 5) is 23.9. The van der Waals surface area contributed by atoms with Gasteiger partial charge >= 0.3 is 0 Å². The molecule has 22 heavy (non-hydrogen) atoms. The maximum Gasteiger partial charge on any atom is 0.291 e. The molecule has 0 aliphatic rings. The van der Waals surface area contributed by atoms with Gasteiger partial charge in [0.25, 0.3) is 11.8 Å². The molecule has 2 aromatic rings. The van der Waals surface area contributed by atoms with Gasteiger partial charge in [0.15, 0.2) is 10.4 Å². The Labute approximate surface area is 137 Å². The van der Waals surface area contributed by atoms with E-state index in [2.05, 4.69) is 26.6 Å². The summed E-state index contributed by atoms with van der Waals surface area (Å²) < 4.78 is 5.67. The Morgan fingerprint density at radius 1 is 1.00 bits per heavy atom. The summed E-state index contributed by atoms with van der Waals surface area (Å²) in [5.74, 6) is -0.292. The second kappa shape index (κ2) is 6.36. The molecule has 116 valence electrons. The van der Waals surface area contributed by atoms with Crippen molar-refractivity contribution in [2.24, 2.45) is 0 Å². The minimum absolute atomic E-state index is 0.152. The fourth-order valence-corrected chi connectivity index (χ4v) is 2.05. The van der Waals surface area contributed by atoms with Crippen LogP contribution >= 0.6 is 15.9 Å². The average Bonchev–Trinajstić information content (AvgIpc) is 2.84. The molecule has 0 atom stereocenters. The van der Waals surface area contributed by atoms with Gasteiger partial charge in [0.2, 0.25) is 0 Å². The fourth-order valence-electron chi connectivity index (χ4n) is 1.75. The largest absolute Gasteiger partial charge is 0.444 e. The number of benzene rings is 1. The third kappa shape index (κ3) is 4.46. The molecule has 0 radical (unpaired) electrons. The second-order valence-electron chi connectivity index (χ2n) is 5.84. The Kier molecular flexibility index (Phi) is 4.71. The minimum atomic E-state index is -0.349. The van der Waals surface area contributed by atoms with Crippen molar-refractivity contribution in [3.05, 3.63) is 52.4 Å². The standard InChI is InChI=1S/C16H17BrN2O3/c1-16(2,3)19-14(20)10-4-6-11(7-5-10)18-15(21)12-8-9-13(17)22-12/h4-9H,1-3H3,(H,18,21)(H,19,20). The lowest BCUT2D eigenvalue weighted by Crippen LogP contribution is -2.40. The van der Waals surface area contributed by atoms with Crippen molar-refractivity contribution < 1.29 is 14.0 Å². The lowest BCUT2D eigenvalue weighted by atomic mass is 10.1. The van der Waals surface area contributed by atoms with Gasteiger partial charge in [-0.05, 0) is 73.1 Å². The van der Waals surface area contributed by atoms with Crippen molar-refractivity contribution >= 4 is 33.4 Å². The highest BCUT2D eigenvalue weighted by Crippen LogP contribution is 2.16. The monoisotopic (exact) mass is 364 g/mol. The lowest BCUT2D eigenvalue weighted by molar-refractivity contribution is 0.0919. The van der Waals surface area contributed by atoms with Crippen molar-refractivity contribution in [1.82, 2.24) is 5.32 Å². The Balaban J connectivity index is 2.03. The van der Waals surface area contributed by atoms with Crippen LogP contribution < -0.4 is 10.6 Å². The van der Waals surface area contributed by atoms with E-state index in [0.717, 1.165) is 0 Å². The van der Waals surface area contributed by atoms with E-state index >= 15 is 0 Å². The number of amides is 2. The smallest absolute Gasteiger partial charge is 0.291 e. The van der Waals surface area contributed by atoms with E-state index in [0.29, 0.717) is 15.9 Å². The Morgan fingerprint density at radius 3 is 2.14 bits per heavy atom. The van der Waals surface area contributed by atoms with Gasteiger partial charge in [-0.1, -0.05) is 0 Å². The highest BCUT2D eigenvalue weighted by atomic mass is 79.9. The van der Waals surface area contributed by atoms with Gasteiger partial charge in [-0.25, -0.2) is 0 Å². The molecule has 0 aliphatic carbocycles. The summed E-state index contributed by atoms with van der Waals surface area (Å²) in [6, 6.07) is 9.89. The molecule has 2 amide bonds. The van der Waals surface area contributed by atoms with Crippen LogP contribution in [0.4, 0.5) is 5.69 Å². The summed E-state index contributed by atoms with van der Waals surface area (Å²) >= 11 is 3.14. The van der Waals surface area contributed by atoms with Crippen LogP contribution in [-0.2, 0) is 0 Å². The molecule has 0 aliphatic heterocycles. The van der Waals surface area contributed by atoms with Crippen molar-refractivity contribution in [3.63, 3.8) is 0 Å². The SMILES string of the molecule is CC(C)(C)NC(=O)c1ccc(NC(=O)c2ccc(Br)o2)cc1. The molecule has 2 rings (SSSR count). The number of carbonyl (C=O) groups is 2. The predicted molar refractivity (Wildman–Crippen MR) is 88.0 cm³/mol. The van der Waals surface area contributed by atoms with Gasteiger partial charge in [-0.3, -0.25) is 9.59 Å². The first-order valence-electron chi connectivity index (χ1n) is 6.74. The predicted octanol–water partition coefficient (Wildman–Crippen LogP) is 3.82. The zero-order chi connectivity index (χ0) is 16.3. The van der Waals surface area contributed by atoms with E-state index in [9.17, 15) is 9.59 Å². The Hall–Kier alpha value is -2.08.